The molecule has 0 saturated carbocycles. The van der Waals surface area contributed by atoms with Gasteiger partial charge in [0.25, 0.3) is 0 Å². The predicted molar refractivity (Wildman–Crippen MR) is 96.0 cm³/mol. The van der Waals surface area contributed by atoms with E-state index in [1.54, 1.807) is 0 Å². The number of halogens is 2. The van der Waals surface area contributed by atoms with Crippen LogP contribution >= 0.6 is 23.2 Å². The van der Waals surface area contributed by atoms with Crippen LogP contribution in [0.25, 0.3) is 16.9 Å². The Kier molecular flexibility index (Phi) is 3.55. The molecule has 0 atom stereocenters. The van der Waals surface area contributed by atoms with Gasteiger partial charge in [-0.2, -0.15) is 5.10 Å². The van der Waals surface area contributed by atoms with Crippen LogP contribution < -0.4 is 5.32 Å². The zero-order valence-electron chi connectivity index (χ0n) is 12.6. The number of rotatable bonds is 2. The van der Waals surface area contributed by atoms with Gasteiger partial charge < -0.3 is 5.32 Å². The summed E-state index contributed by atoms with van der Waals surface area (Å²) in [4.78, 5) is 0. The van der Waals surface area contributed by atoms with Gasteiger partial charge >= 0.3 is 0 Å². The molecule has 3 nitrogen and oxygen atoms in total. The number of nitrogens with zero attached hydrogens (tertiary/aromatic N) is 2. The largest absolute Gasteiger partial charge is 0.369 e. The molecule has 2 aromatic carbocycles. The van der Waals surface area contributed by atoms with E-state index >= 15 is 0 Å². The van der Waals surface area contributed by atoms with E-state index in [4.69, 9.17) is 28.3 Å². The van der Waals surface area contributed by atoms with Gasteiger partial charge in [-0.3, -0.25) is 0 Å². The summed E-state index contributed by atoms with van der Waals surface area (Å²) in [5.41, 5.74) is 5.37. The average Bonchev–Trinajstić information content (AvgIpc) is 3.12. The number of aryl methyl sites for hydroxylation is 1. The molecular formula is C18H15Cl2N3. The van der Waals surface area contributed by atoms with Crippen LogP contribution in [0.15, 0.2) is 42.5 Å². The molecule has 5 heteroatoms. The predicted octanol–water partition coefficient (Wildman–Crippen LogP) is 5.12. The molecule has 4 rings (SSSR count). The number of aromatic nitrogens is 2. The van der Waals surface area contributed by atoms with Gasteiger partial charge in [0, 0.05) is 27.7 Å². The van der Waals surface area contributed by atoms with Crippen LogP contribution in [0.2, 0.25) is 10.0 Å². The number of hydrogen-bond donors (Lipinski definition) is 1. The minimum Gasteiger partial charge on any atom is -0.369 e. The summed E-state index contributed by atoms with van der Waals surface area (Å²) in [6.07, 6.45) is 0.955. The van der Waals surface area contributed by atoms with Gasteiger partial charge in [-0.25, -0.2) is 4.68 Å². The maximum absolute atomic E-state index is 6.18. The first-order valence-corrected chi connectivity index (χ1v) is 8.27. The van der Waals surface area contributed by atoms with Crippen molar-refractivity contribution >= 4 is 29.0 Å². The first-order chi connectivity index (χ1) is 11.1. The zero-order valence-corrected chi connectivity index (χ0v) is 14.1. The Morgan fingerprint density at radius 3 is 2.74 bits per heavy atom. The zero-order chi connectivity index (χ0) is 16.0. The van der Waals surface area contributed by atoms with Crippen molar-refractivity contribution in [3.05, 3.63) is 63.6 Å². The maximum atomic E-state index is 6.18. The third-order valence-electron chi connectivity index (χ3n) is 4.15. The third-order valence-corrected chi connectivity index (χ3v) is 4.62. The quantitative estimate of drug-likeness (QED) is 0.699. The highest BCUT2D eigenvalue weighted by Gasteiger charge is 2.24. The molecule has 3 aromatic rings. The van der Waals surface area contributed by atoms with Crippen molar-refractivity contribution in [1.82, 2.24) is 9.78 Å². The normalized spacial score (nSPS) is 13.0. The molecule has 0 bridgehead atoms. The van der Waals surface area contributed by atoms with Crippen LogP contribution in [-0.4, -0.2) is 16.3 Å². The monoisotopic (exact) mass is 343 g/mol. The second kappa shape index (κ2) is 5.59. The third kappa shape index (κ3) is 2.50. The summed E-state index contributed by atoms with van der Waals surface area (Å²) >= 11 is 12.3. The lowest BCUT2D eigenvalue weighted by molar-refractivity contribution is 0.875. The van der Waals surface area contributed by atoms with Crippen molar-refractivity contribution in [3.63, 3.8) is 0 Å². The van der Waals surface area contributed by atoms with E-state index in [0.717, 1.165) is 46.3 Å². The molecule has 2 heterocycles. The second-order valence-corrected chi connectivity index (χ2v) is 6.58. The molecule has 0 fully saturated rings. The highest BCUT2D eigenvalue weighted by Crippen LogP contribution is 2.36. The highest BCUT2D eigenvalue weighted by molar-refractivity contribution is 6.31. The van der Waals surface area contributed by atoms with Crippen LogP contribution in [0, 0.1) is 6.92 Å². The van der Waals surface area contributed by atoms with E-state index < -0.39 is 0 Å². The van der Waals surface area contributed by atoms with Gasteiger partial charge in [0.1, 0.15) is 5.82 Å². The summed E-state index contributed by atoms with van der Waals surface area (Å²) in [6.45, 7) is 2.98. The Balaban J connectivity index is 1.93. The molecular weight excluding hydrogens is 329 g/mol. The molecule has 116 valence electrons. The lowest BCUT2D eigenvalue weighted by atomic mass is 10.1. The lowest BCUT2D eigenvalue weighted by Gasteiger charge is -2.10. The van der Waals surface area contributed by atoms with E-state index in [1.165, 1.54) is 5.56 Å². The van der Waals surface area contributed by atoms with E-state index in [0.29, 0.717) is 5.02 Å². The fraction of sp³-hybridized carbons (Fsp3) is 0.167. The van der Waals surface area contributed by atoms with Crippen molar-refractivity contribution in [2.45, 2.75) is 13.3 Å². The minimum absolute atomic E-state index is 0.706. The van der Waals surface area contributed by atoms with Crippen LogP contribution in [0.3, 0.4) is 0 Å². The smallest absolute Gasteiger partial charge is 0.133 e. The molecule has 0 aliphatic carbocycles. The Hall–Kier alpha value is -1.97. The van der Waals surface area contributed by atoms with Gasteiger partial charge in [0.15, 0.2) is 0 Å². The van der Waals surface area contributed by atoms with Crippen LogP contribution in [0.5, 0.6) is 0 Å². The molecule has 0 saturated heterocycles. The number of anilines is 1. The van der Waals surface area contributed by atoms with Crippen molar-refractivity contribution in [1.29, 1.82) is 0 Å². The van der Waals surface area contributed by atoms with Crippen molar-refractivity contribution < 1.29 is 0 Å². The number of fused-ring (bicyclic) bond motifs is 1. The fourth-order valence-electron chi connectivity index (χ4n) is 3.03. The molecule has 1 aliphatic rings. The fourth-order valence-corrected chi connectivity index (χ4v) is 3.38. The Labute approximate surface area is 144 Å². The Morgan fingerprint density at radius 1 is 1.09 bits per heavy atom. The van der Waals surface area contributed by atoms with Crippen molar-refractivity contribution in [2.24, 2.45) is 0 Å². The summed E-state index contributed by atoms with van der Waals surface area (Å²) in [5.74, 6) is 1.05. The van der Waals surface area contributed by atoms with Gasteiger partial charge in [-0.1, -0.05) is 41.4 Å². The topological polar surface area (TPSA) is 29.9 Å². The van der Waals surface area contributed by atoms with Gasteiger partial charge in [-0.05, 0) is 43.2 Å². The van der Waals surface area contributed by atoms with E-state index in [1.807, 2.05) is 47.1 Å². The molecule has 1 N–H and O–H groups in total. The van der Waals surface area contributed by atoms with Crippen molar-refractivity contribution in [3.8, 4) is 16.9 Å². The van der Waals surface area contributed by atoms with E-state index in [2.05, 4.69) is 12.2 Å². The molecule has 0 radical (unpaired) electrons. The summed E-state index contributed by atoms with van der Waals surface area (Å²) in [7, 11) is 0. The number of benzene rings is 2. The van der Waals surface area contributed by atoms with E-state index in [-0.39, 0.29) is 0 Å². The molecule has 0 amide bonds. The minimum atomic E-state index is 0.706. The molecule has 1 aromatic heterocycles. The molecule has 23 heavy (non-hydrogen) atoms. The standard InChI is InChI=1S/C18H15Cl2N3/c1-11-5-6-14(20)10-16(11)23-18-15(7-8-21-18)17(22-23)12-3-2-4-13(19)9-12/h2-6,9-10,21H,7-8H2,1H3. The van der Waals surface area contributed by atoms with Gasteiger partial charge in [0.05, 0.1) is 11.4 Å². The van der Waals surface area contributed by atoms with E-state index in [9.17, 15) is 0 Å². The van der Waals surface area contributed by atoms with Crippen LogP contribution in [0.1, 0.15) is 11.1 Å². The second-order valence-electron chi connectivity index (χ2n) is 5.71. The van der Waals surface area contributed by atoms with Crippen molar-refractivity contribution in [2.75, 3.05) is 11.9 Å². The lowest BCUT2D eigenvalue weighted by Crippen LogP contribution is -2.05. The molecule has 0 unspecified atom stereocenters. The summed E-state index contributed by atoms with van der Waals surface area (Å²) in [5, 5.41) is 9.72. The molecule has 0 spiro atoms. The molecule has 1 aliphatic heterocycles. The average molecular weight is 344 g/mol. The Morgan fingerprint density at radius 2 is 1.91 bits per heavy atom. The number of nitrogens with one attached hydrogen (secondary N) is 1. The van der Waals surface area contributed by atoms with Crippen LogP contribution in [-0.2, 0) is 6.42 Å². The van der Waals surface area contributed by atoms with Gasteiger partial charge in [0.2, 0.25) is 0 Å². The van der Waals surface area contributed by atoms with Gasteiger partial charge in [-0.15, -0.1) is 0 Å². The Bertz CT molecular complexity index is 899. The number of hydrogen-bond acceptors (Lipinski definition) is 2. The maximum Gasteiger partial charge on any atom is 0.133 e. The first kappa shape index (κ1) is 14.6. The van der Waals surface area contributed by atoms with Crippen LogP contribution in [0.4, 0.5) is 5.82 Å². The SMILES string of the molecule is Cc1ccc(Cl)cc1-n1nc(-c2cccc(Cl)c2)c2c1NCC2. The first-order valence-electron chi connectivity index (χ1n) is 7.52. The highest BCUT2D eigenvalue weighted by atomic mass is 35.5. The summed E-state index contributed by atoms with van der Waals surface area (Å²) < 4.78 is 1.96. The summed E-state index contributed by atoms with van der Waals surface area (Å²) in [6, 6.07) is 13.7.